The van der Waals surface area contributed by atoms with Gasteiger partial charge >= 0.3 is 5.97 Å². The van der Waals surface area contributed by atoms with E-state index in [1.165, 1.54) is 14.0 Å². The normalized spacial score (nSPS) is 11.9. The fourth-order valence-electron chi connectivity index (χ4n) is 1.35. The Hall–Kier alpha value is -1.68. The third kappa shape index (κ3) is 3.17. The summed E-state index contributed by atoms with van der Waals surface area (Å²) in [5.41, 5.74) is 1.03. The topological polar surface area (TPSA) is 63.6 Å². The lowest BCUT2D eigenvalue weighted by atomic mass is 10.0. The summed E-state index contributed by atoms with van der Waals surface area (Å²) in [6.07, 6.45) is -0.735. The summed E-state index contributed by atoms with van der Waals surface area (Å²) in [7, 11) is 1.31. The van der Waals surface area contributed by atoms with Crippen LogP contribution >= 0.6 is 0 Å². The van der Waals surface area contributed by atoms with E-state index in [1.54, 1.807) is 24.3 Å². The standard InChI is InChI=1S/C12H14O4/c1-8(13)7-11(14)9-3-5-10(6-4-9)12(15)16-2/h3-6,11,14H,7H2,1-2H3/t11-/m0/s1. The predicted molar refractivity (Wildman–Crippen MR) is 58.0 cm³/mol. The zero-order valence-corrected chi connectivity index (χ0v) is 9.27. The van der Waals surface area contributed by atoms with Gasteiger partial charge in [-0.05, 0) is 24.6 Å². The number of hydrogen-bond acceptors (Lipinski definition) is 4. The van der Waals surface area contributed by atoms with Crippen LogP contribution in [0, 0.1) is 0 Å². The minimum Gasteiger partial charge on any atom is -0.465 e. The Morgan fingerprint density at radius 1 is 1.31 bits per heavy atom. The Balaban J connectivity index is 2.78. The van der Waals surface area contributed by atoms with Crippen molar-refractivity contribution < 1.29 is 19.4 Å². The van der Waals surface area contributed by atoms with Gasteiger partial charge in [-0.25, -0.2) is 4.79 Å². The van der Waals surface area contributed by atoms with Gasteiger partial charge in [0.1, 0.15) is 5.78 Å². The number of carbonyl (C=O) groups is 2. The third-order valence-corrected chi connectivity index (χ3v) is 2.20. The highest BCUT2D eigenvalue weighted by molar-refractivity contribution is 5.89. The van der Waals surface area contributed by atoms with Gasteiger partial charge in [-0.1, -0.05) is 12.1 Å². The van der Waals surface area contributed by atoms with Gasteiger partial charge < -0.3 is 9.84 Å². The van der Waals surface area contributed by atoms with Gasteiger partial charge in [0.2, 0.25) is 0 Å². The Morgan fingerprint density at radius 3 is 2.31 bits per heavy atom. The largest absolute Gasteiger partial charge is 0.465 e. The summed E-state index contributed by atoms with van der Waals surface area (Å²) in [5.74, 6) is -0.503. The summed E-state index contributed by atoms with van der Waals surface area (Å²) in [4.78, 5) is 21.9. The first-order valence-corrected chi connectivity index (χ1v) is 4.90. The second-order valence-corrected chi connectivity index (χ2v) is 3.54. The average molecular weight is 222 g/mol. The van der Waals surface area contributed by atoms with Crippen LogP contribution < -0.4 is 0 Å². The molecule has 0 aromatic heterocycles. The van der Waals surface area contributed by atoms with Crippen LogP contribution in [-0.2, 0) is 9.53 Å². The fourth-order valence-corrected chi connectivity index (χ4v) is 1.35. The van der Waals surface area contributed by atoms with E-state index in [2.05, 4.69) is 4.74 Å². The van der Waals surface area contributed by atoms with Crippen molar-refractivity contribution in [3.8, 4) is 0 Å². The zero-order valence-electron chi connectivity index (χ0n) is 9.27. The molecule has 0 bridgehead atoms. The molecule has 0 aliphatic carbocycles. The minimum absolute atomic E-state index is 0.0791. The maximum Gasteiger partial charge on any atom is 0.337 e. The van der Waals surface area contributed by atoms with Crippen LogP contribution in [0.25, 0.3) is 0 Å². The van der Waals surface area contributed by atoms with Crippen LogP contribution in [0.1, 0.15) is 35.4 Å². The van der Waals surface area contributed by atoms with Crippen molar-refractivity contribution in [2.24, 2.45) is 0 Å². The highest BCUT2D eigenvalue weighted by Gasteiger charge is 2.11. The number of benzene rings is 1. The van der Waals surface area contributed by atoms with E-state index < -0.39 is 12.1 Å². The first kappa shape index (κ1) is 12.4. The quantitative estimate of drug-likeness (QED) is 0.784. The summed E-state index contributed by atoms with van der Waals surface area (Å²) < 4.78 is 4.55. The monoisotopic (exact) mass is 222 g/mol. The fraction of sp³-hybridized carbons (Fsp3) is 0.333. The highest BCUT2D eigenvalue weighted by atomic mass is 16.5. The smallest absolute Gasteiger partial charge is 0.337 e. The molecule has 4 heteroatoms. The van der Waals surface area contributed by atoms with Gasteiger partial charge in [-0.3, -0.25) is 4.79 Å². The van der Waals surface area contributed by atoms with Crippen molar-refractivity contribution in [1.82, 2.24) is 0 Å². The lowest BCUT2D eigenvalue weighted by molar-refractivity contribution is -0.118. The summed E-state index contributed by atoms with van der Waals surface area (Å²) in [5, 5.41) is 9.64. The van der Waals surface area contributed by atoms with Gasteiger partial charge in [0.15, 0.2) is 0 Å². The van der Waals surface area contributed by atoms with Gasteiger partial charge in [0.25, 0.3) is 0 Å². The molecule has 0 aliphatic heterocycles. The van der Waals surface area contributed by atoms with Crippen molar-refractivity contribution in [3.63, 3.8) is 0 Å². The summed E-state index contributed by atoms with van der Waals surface area (Å²) in [6.45, 7) is 1.42. The van der Waals surface area contributed by atoms with Crippen molar-refractivity contribution in [2.75, 3.05) is 7.11 Å². The molecule has 0 heterocycles. The second-order valence-electron chi connectivity index (χ2n) is 3.54. The van der Waals surface area contributed by atoms with Gasteiger partial charge in [0, 0.05) is 6.42 Å². The Bertz CT molecular complexity index is 381. The first-order valence-electron chi connectivity index (χ1n) is 4.90. The number of rotatable bonds is 4. The van der Waals surface area contributed by atoms with Crippen LogP contribution in [0.15, 0.2) is 24.3 Å². The lowest BCUT2D eigenvalue weighted by Crippen LogP contribution is -2.05. The molecule has 1 N–H and O–H groups in total. The molecule has 0 saturated carbocycles. The van der Waals surface area contributed by atoms with Crippen LogP contribution in [0.4, 0.5) is 0 Å². The Morgan fingerprint density at radius 2 is 1.88 bits per heavy atom. The van der Waals surface area contributed by atoms with Gasteiger partial charge in [-0.2, -0.15) is 0 Å². The van der Waals surface area contributed by atoms with E-state index in [0.717, 1.165) is 0 Å². The molecule has 1 rings (SSSR count). The third-order valence-electron chi connectivity index (χ3n) is 2.20. The van der Waals surface area contributed by atoms with E-state index in [9.17, 15) is 14.7 Å². The molecule has 0 saturated heterocycles. The van der Waals surface area contributed by atoms with Crippen LogP contribution in [0.3, 0.4) is 0 Å². The summed E-state index contributed by atoms with van der Waals surface area (Å²) >= 11 is 0. The van der Waals surface area contributed by atoms with Crippen molar-refractivity contribution >= 4 is 11.8 Å². The summed E-state index contributed by atoms with van der Waals surface area (Å²) in [6, 6.07) is 6.34. The zero-order chi connectivity index (χ0) is 12.1. The molecule has 86 valence electrons. The highest BCUT2D eigenvalue weighted by Crippen LogP contribution is 2.17. The Kier molecular flexibility index (Phi) is 4.19. The number of hydrogen-bond donors (Lipinski definition) is 1. The molecule has 0 aliphatic rings. The molecule has 0 spiro atoms. The van der Waals surface area contributed by atoms with E-state index in [-0.39, 0.29) is 12.2 Å². The number of carbonyl (C=O) groups excluding carboxylic acids is 2. The van der Waals surface area contributed by atoms with Crippen molar-refractivity contribution in [1.29, 1.82) is 0 Å². The number of ether oxygens (including phenoxy) is 1. The molecular weight excluding hydrogens is 208 g/mol. The van der Waals surface area contributed by atoms with E-state index in [4.69, 9.17) is 0 Å². The van der Waals surface area contributed by atoms with Gasteiger partial charge in [-0.15, -0.1) is 0 Å². The van der Waals surface area contributed by atoms with Crippen molar-refractivity contribution in [2.45, 2.75) is 19.4 Å². The molecule has 1 atom stereocenters. The van der Waals surface area contributed by atoms with E-state index >= 15 is 0 Å². The van der Waals surface area contributed by atoms with Crippen LogP contribution in [0.5, 0.6) is 0 Å². The van der Waals surface area contributed by atoms with Crippen LogP contribution in [0.2, 0.25) is 0 Å². The van der Waals surface area contributed by atoms with Crippen molar-refractivity contribution in [3.05, 3.63) is 35.4 Å². The molecule has 0 radical (unpaired) electrons. The molecule has 1 aromatic rings. The maximum atomic E-state index is 11.1. The molecule has 0 fully saturated rings. The SMILES string of the molecule is COC(=O)c1ccc([C@@H](O)CC(C)=O)cc1. The molecule has 1 aromatic carbocycles. The maximum absolute atomic E-state index is 11.1. The number of aliphatic hydroxyl groups excluding tert-OH is 1. The lowest BCUT2D eigenvalue weighted by Gasteiger charge is -2.09. The van der Waals surface area contributed by atoms with Gasteiger partial charge in [0.05, 0.1) is 18.8 Å². The second kappa shape index (κ2) is 5.42. The number of esters is 1. The number of Topliss-reactive ketones (excluding diaryl/α,β-unsaturated/α-hetero) is 1. The number of aliphatic hydroxyl groups is 1. The minimum atomic E-state index is -0.816. The average Bonchev–Trinajstić information content (AvgIpc) is 2.27. The number of methoxy groups -OCH3 is 1. The predicted octanol–water partition coefficient (Wildman–Crippen LogP) is 1.49. The molecule has 0 unspecified atom stereocenters. The molecule has 4 nitrogen and oxygen atoms in total. The molecule has 16 heavy (non-hydrogen) atoms. The van der Waals surface area contributed by atoms with E-state index in [0.29, 0.717) is 11.1 Å². The molecule has 0 amide bonds. The molecular formula is C12H14O4. The first-order chi connectivity index (χ1) is 7.54. The van der Waals surface area contributed by atoms with Crippen LogP contribution in [-0.4, -0.2) is 24.0 Å². The number of ketones is 1. The van der Waals surface area contributed by atoms with E-state index in [1.807, 2.05) is 0 Å². The Labute approximate surface area is 93.9 Å².